The predicted octanol–water partition coefficient (Wildman–Crippen LogP) is 2.30. The van der Waals surface area contributed by atoms with Crippen molar-refractivity contribution in [2.75, 3.05) is 22.9 Å². The van der Waals surface area contributed by atoms with Crippen LogP contribution in [0.1, 0.15) is 5.56 Å². The summed E-state index contributed by atoms with van der Waals surface area (Å²) in [6.45, 7) is -1.16. The first-order valence-electron chi connectivity index (χ1n) is 9.91. The van der Waals surface area contributed by atoms with Crippen LogP contribution in [-0.4, -0.2) is 46.1 Å². The molecule has 0 unspecified atom stereocenters. The summed E-state index contributed by atoms with van der Waals surface area (Å²) in [7, 11) is -3.83. The zero-order valence-corrected chi connectivity index (χ0v) is 18.6. The van der Waals surface area contributed by atoms with Crippen molar-refractivity contribution in [1.82, 2.24) is 24.9 Å². The van der Waals surface area contributed by atoms with Crippen molar-refractivity contribution in [3.05, 3.63) is 54.4 Å². The highest BCUT2D eigenvalue weighted by molar-refractivity contribution is 7.89. The molecule has 6 N–H and O–H groups in total. The van der Waals surface area contributed by atoms with Crippen LogP contribution in [0.4, 0.5) is 30.9 Å². The first-order valence-corrected chi connectivity index (χ1v) is 11.5. The van der Waals surface area contributed by atoms with E-state index in [4.69, 9.17) is 10.9 Å². The van der Waals surface area contributed by atoms with Gasteiger partial charge >= 0.3 is 6.18 Å². The zero-order chi connectivity index (χ0) is 25.2. The summed E-state index contributed by atoms with van der Waals surface area (Å²) < 4.78 is 61.4. The van der Waals surface area contributed by atoms with Crippen molar-refractivity contribution in [1.29, 1.82) is 0 Å². The Morgan fingerprint density at radius 1 is 0.914 bits per heavy atom. The third-order valence-electron chi connectivity index (χ3n) is 4.67. The van der Waals surface area contributed by atoms with Gasteiger partial charge in [0, 0.05) is 24.5 Å². The molecule has 15 heteroatoms. The van der Waals surface area contributed by atoms with E-state index < -0.39 is 22.7 Å². The van der Waals surface area contributed by atoms with Gasteiger partial charge in [0.2, 0.25) is 21.9 Å². The van der Waals surface area contributed by atoms with Crippen molar-refractivity contribution in [3.8, 4) is 11.3 Å². The highest BCUT2D eigenvalue weighted by Gasteiger charge is 2.27. The first-order chi connectivity index (χ1) is 16.5. The first kappa shape index (κ1) is 24.0. The third-order valence-corrected chi connectivity index (χ3v) is 5.60. The van der Waals surface area contributed by atoms with E-state index >= 15 is 0 Å². The summed E-state index contributed by atoms with van der Waals surface area (Å²) in [5.74, 6) is -0.0129. The van der Waals surface area contributed by atoms with Crippen LogP contribution in [0.3, 0.4) is 0 Å². The van der Waals surface area contributed by atoms with E-state index in [1.807, 2.05) is 0 Å². The van der Waals surface area contributed by atoms with E-state index in [1.54, 1.807) is 24.3 Å². The SMILES string of the molecule is Nc1ncc(-c2ccc3nc(NCc4ccc(S(N)(=O)=O)cc4)nc(NCC(F)(F)F)c3n2)cn1. The molecule has 0 radical (unpaired) electrons. The number of aromatic nitrogens is 5. The summed E-state index contributed by atoms with van der Waals surface area (Å²) in [6, 6.07) is 8.97. The van der Waals surface area contributed by atoms with Crippen LogP contribution in [0, 0.1) is 0 Å². The Morgan fingerprint density at radius 3 is 2.23 bits per heavy atom. The second-order valence-electron chi connectivity index (χ2n) is 7.30. The number of nitrogens with zero attached hydrogens (tertiary/aromatic N) is 5. The molecular formula is C20H18F3N9O2S. The van der Waals surface area contributed by atoms with Crippen LogP contribution >= 0.6 is 0 Å². The van der Waals surface area contributed by atoms with Crippen LogP contribution in [0.25, 0.3) is 22.3 Å². The Morgan fingerprint density at radius 2 is 1.60 bits per heavy atom. The van der Waals surface area contributed by atoms with Gasteiger partial charge in [-0.3, -0.25) is 0 Å². The van der Waals surface area contributed by atoms with Crippen molar-refractivity contribution < 1.29 is 21.6 Å². The number of nitrogen functional groups attached to an aromatic ring is 1. The summed E-state index contributed by atoms with van der Waals surface area (Å²) in [5.41, 5.74) is 7.47. The highest BCUT2D eigenvalue weighted by atomic mass is 32.2. The number of rotatable bonds is 7. The number of fused-ring (bicyclic) bond motifs is 1. The van der Waals surface area contributed by atoms with Crippen molar-refractivity contribution in [2.24, 2.45) is 5.14 Å². The largest absolute Gasteiger partial charge is 0.405 e. The van der Waals surface area contributed by atoms with Crippen molar-refractivity contribution in [3.63, 3.8) is 0 Å². The lowest BCUT2D eigenvalue weighted by Gasteiger charge is -2.13. The molecule has 0 spiro atoms. The van der Waals surface area contributed by atoms with Crippen LogP contribution in [0.5, 0.6) is 0 Å². The minimum Gasteiger partial charge on any atom is -0.368 e. The Hall–Kier alpha value is -4.11. The smallest absolute Gasteiger partial charge is 0.368 e. The van der Waals surface area contributed by atoms with E-state index in [0.717, 1.165) is 0 Å². The Kier molecular flexibility index (Phi) is 6.36. The second-order valence-corrected chi connectivity index (χ2v) is 8.86. The van der Waals surface area contributed by atoms with E-state index in [0.29, 0.717) is 16.8 Å². The van der Waals surface area contributed by atoms with E-state index in [9.17, 15) is 21.6 Å². The molecule has 0 aliphatic heterocycles. The second kappa shape index (κ2) is 9.27. The molecule has 0 bridgehead atoms. The van der Waals surface area contributed by atoms with Gasteiger partial charge in [-0.25, -0.2) is 33.5 Å². The number of benzene rings is 1. The Bertz CT molecular complexity index is 1460. The van der Waals surface area contributed by atoms with Gasteiger partial charge in [-0.2, -0.15) is 18.2 Å². The van der Waals surface area contributed by atoms with Gasteiger partial charge in [0.15, 0.2) is 5.82 Å². The fraction of sp³-hybridized carbons (Fsp3) is 0.150. The molecule has 3 heterocycles. The summed E-state index contributed by atoms with van der Waals surface area (Å²) in [6.07, 6.45) is -1.60. The lowest BCUT2D eigenvalue weighted by Crippen LogP contribution is -2.22. The minimum atomic E-state index is -4.49. The van der Waals surface area contributed by atoms with Gasteiger partial charge in [-0.15, -0.1) is 0 Å². The lowest BCUT2D eigenvalue weighted by atomic mass is 10.2. The molecule has 0 fully saturated rings. The predicted molar refractivity (Wildman–Crippen MR) is 122 cm³/mol. The Labute approximate surface area is 196 Å². The number of primary sulfonamides is 1. The number of nitrogens with two attached hydrogens (primary N) is 2. The fourth-order valence-electron chi connectivity index (χ4n) is 3.01. The number of hydrogen-bond acceptors (Lipinski definition) is 10. The normalized spacial score (nSPS) is 12.0. The topological polar surface area (TPSA) is 175 Å². The zero-order valence-electron chi connectivity index (χ0n) is 17.8. The van der Waals surface area contributed by atoms with Gasteiger partial charge in [0.05, 0.1) is 16.1 Å². The summed E-state index contributed by atoms with van der Waals surface area (Å²) in [4.78, 5) is 20.6. The van der Waals surface area contributed by atoms with Crippen LogP contribution in [0.15, 0.2) is 53.7 Å². The number of hydrogen-bond donors (Lipinski definition) is 4. The average Bonchev–Trinajstić information content (AvgIpc) is 2.80. The van der Waals surface area contributed by atoms with E-state index in [2.05, 4.69) is 35.6 Å². The molecule has 4 rings (SSSR count). The number of nitrogens with one attached hydrogen (secondary N) is 2. The standard InChI is InChI=1S/C20H18F3N9O2S/c21-20(22,23)10-29-17-16-15(6-5-14(30-16)12-8-26-18(24)27-9-12)31-19(32-17)28-7-11-1-3-13(4-2-11)35(25,33)34/h1-6,8-9H,7,10H2,(H2,24,26,27)(H2,25,33,34)(H2,28,29,31,32). The lowest BCUT2D eigenvalue weighted by molar-refractivity contribution is -0.115. The number of halogens is 3. The average molecular weight is 505 g/mol. The number of pyridine rings is 1. The van der Waals surface area contributed by atoms with Gasteiger partial charge in [-0.1, -0.05) is 12.1 Å². The molecule has 1 aromatic carbocycles. The molecule has 0 saturated carbocycles. The van der Waals surface area contributed by atoms with E-state index in [1.165, 1.54) is 24.5 Å². The number of alkyl halides is 3. The number of sulfonamides is 1. The number of anilines is 3. The maximum absolute atomic E-state index is 12.9. The summed E-state index contributed by atoms with van der Waals surface area (Å²) in [5, 5.41) is 10.3. The Balaban J connectivity index is 1.65. The molecule has 0 aliphatic carbocycles. The van der Waals surface area contributed by atoms with Gasteiger partial charge in [0.25, 0.3) is 0 Å². The minimum absolute atomic E-state index is 0.0445. The maximum Gasteiger partial charge on any atom is 0.405 e. The summed E-state index contributed by atoms with van der Waals surface area (Å²) >= 11 is 0. The van der Waals surface area contributed by atoms with E-state index in [-0.39, 0.29) is 40.2 Å². The highest BCUT2D eigenvalue weighted by Crippen LogP contribution is 2.26. The molecule has 0 atom stereocenters. The van der Waals surface area contributed by atoms with Gasteiger partial charge in [-0.05, 0) is 29.8 Å². The van der Waals surface area contributed by atoms with Crippen molar-refractivity contribution >= 4 is 38.8 Å². The van der Waals surface area contributed by atoms with Crippen molar-refractivity contribution in [2.45, 2.75) is 17.6 Å². The molecular weight excluding hydrogens is 487 g/mol. The molecule has 3 aromatic heterocycles. The molecule has 4 aromatic rings. The molecule has 11 nitrogen and oxygen atoms in total. The third kappa shape index (κ3) is 6.07. The molecule has 0 saturated heterocycles. The van der Waals surface area contributed by atoms with Gasteiger partial charge < -0.3 is 16.4 Å². The van der Waals surface area contributed by atoms with Crippen LogP contribution in [-0.2, 0) is 16.6 Å². The van der Waals surface area contributed by atoms with Crippen LogP contribution in [0.2, 0.25) is 0 Å². The quantitative estimate of drug-likeness (QED) is 0.292. The van der Waals surface area contributed by atoms with Crippen LogP contribution < -0.4 is 21.5 Å². The monoisotopic (exact) mass is 505 g/mol. The molecule has 35 heavy (non-hydrogen) atoms. The molecule has 182 valence electrons. The molecule has 0 aliphatic rings. The maximum atomic E-state index is 12.9. The molecule has 0 amide bonds. The fourth-order valence-corrected chi connectivity index (χ4v) is 3.53. The van der Waals surface area contributed by atoms with Gasteiger partial charge in [0.1, 0.15) is 12.1 Å².